The molecule has 1 fully saturated rings. The number of alkyl halides is 3. The van der Waals surface area contributed by atoms with Crippen LogP contribution in [0, 0.1) is 12.8 Å². The number of aromatic nitrogens is 1. The predicted molar refractivity (Wildman–Crippen MR) is 74.8 cm³/mol. The lowest BCUT2D eigenvalue weighted by molar-refractivity contribution is -0.133. The molecule has 4 nitrogen and oxygen atoms in total. The molecule has 0 spiro atoms. The second kappa shape index (κ2) is 5.42. The summed E-state index contributed by atoms with van der Waals surface area (Å²) in [5.74, 6) is -0.522. The van der Waals surface area contributed by atoms with Gasteiger partial charge >= 0.3 is 6.18 Å². The minimum Gasteiger partial charge on any atom is -0.469 e. The molecule has 0 aromatic carbocycles. The Hall–Kier alpha value is -1.83. The van der Waals surface area contributed by atoms with Crippen LogP contribution in [0.1, 0.15) is 23.8 Å². The first-order valence-corrected chi connectivity index (χ1v) is 7.57. The molecule has 118 valence electrons. The zero-order valence-electron chi connectivity index (χ0n) is 11.6. The predicted octanol–water partition coefficient (Wildman–Crippen LogP) is 3.74. The Labute approximate surface area is 128 Å². The quantitative estimate of drug-likeness (QED) is 0.858. The highest BCUT2D eigenvalue weighted by molar-refractivity contribution is 7.14. The van der Waals surface area contributed by atoms with E-state index in [9.17, 15) is 18.0 Å². The molecule has 2 heterocycles. The van der Waals surface area contributed by atoms with Crippen LogP contribution in [0.25, 0.3) is 0 Å². The van der Waals surface area contributed by atoms with Crippen molar-refractivity contribution in [3.05, 3.63) is 35.2 Å². The number of amides is 1. The van der Waals surface area contributed by atoms with Gasteiger partial charge in [0.05, 0.1) is 12.0 Å². The summed E-state index contributed by atoms with van der Waals surface area (Å²) in [4.78, 5) is 17.2. The van der Waals surface area contributed by atoms with Gasteiger partial charge in [0.25, 0.3) is 0 Å². The summed E-state index contributed by atoms with van der Waals surface area (Å²) in [5.41, 5.74) is 0.596. The molecule has 2 aromatic rings. The Balaban J connectivity index is 1.79. The molecule has 22 heavy (non-hydrogen) atoms. The van der Waals surface area contributed by atoms with Crippen LogP contribution in [0.15, 0.2) is 28.2 Å². The number of thiazole rings is 1. The zero-order valence-corrected chi connectivity index (χ0v) is 12.4. The summed E-state index contributed by atoms with van der Waals surface area (Å²) in [6.45, 7) is 0.360. The van der Waals surface area contributed by atoms with Gasteiger partial charge in [0.15, 0.2) is 5.13 Å². The summed E-state index contributed by atoms with van der Waals surface area (Å²) in [6, 6.07) is 3.44. The van der Waals surface area contributed by atoms with Crippen molar-refractivity contribution in [2.45, 2.75) is 25.4 Å². The number of halogens is 3. The number of aryl methyl sites for hydroxylation is 1. The molecule has 0 bridgehead atoms. The third-order valence-corrected chi connectivity index (χ3v) is 4.44. The fourth-order valence-electron chi connectivity index (χ4n) is 2.37. The molecule has 8 heteroatoms. The van der Waals surface area contributed by atoms with E-state index >= 15 is 0 Å². The van der Waals surface area contributed by atoms with E-state index in [0.29, 0.717) is 17.9 Å². The van der Waals surface area contributed by atoms with Crippen molar-refractivity contribution in [3.8, 4) is 0 Å². The van der Waals surface area contributed by atoms with Crippen molar-refractivity contribution in [1.82, 2.24) is 4.98 Å². The highest BCUT2D eigenvalue weighted by Gasteiger charge is 2.49. The van der Waals surface area contributed by atoms with Crippen LogP contribution in [-0.2, 0) is 4.79 Å². The van der Waals surface area contributed by atoms with Gasteiger partial charge in [-0.1, -0.05) is 0 Å². The number of carbonyl (C=O) groups is 1. The van der Waals surface area contributed by atoms with Crippen molar-refractivity contribution in [2.24, 2.45) is 5.92 Å². The van der Waals surface area contributed by atoms with Crippen LogP contribution in [-0.4, -0.2) is 23.6 Å². The summed E-state index contributed by atoms with van der Waals surface area (Å²) < 4.78 is 43.6. The van der Waals surface area contributed by atoms with E-state index in [2.05, 4.69) is 4.98 Å². The average molecular weight is 330 g/mol. The lowest BCUT2D eigenvalue weighted by Crippen LogP contribution is -2.40. The van der Waals surface area contributed by atoms with Crippen molar-refractivity contribution in [2.75, 3.05) is 11.4 Å². The number of rotatable bonds is 4. The molecule has 1 saturated carbocycles. The fourth-order valence-corrected chi connectivity index (χ4v) is 3.18. The van der Waals surface area contributed by atoms with Crippen LogP contribution in [0.5, 0.6) is 0 Å². The molecule has 1 aliphatic rings. The van der Waals surface area contributed by atoms with Gasteiger partial charge in [0.1, 0.15) is 12.3 Å². The SMILES string of the molecule is Cc1csc(N(CC(F)(F)F)C(=O)C2CC2c2ccco2)n1. The summed E-state index contributed by atoms with van der Waals surface area (Å²) in [6.07, 6.45) is -2.47. The van der Waals surface area contributed by atoms with Gasteiger partial charge in [-0.3, -0.25) is 9.69 Å². The third kappa shape index (κ3) is 3.16. The monoisotopic (exact) mass is 330 g/mol. The molecule has 0 saturated heterocycles. The molecule has 2 atom stereocenters. The lowest BCUT2D eigenvalue weighted by atomic mass is 10.2. The zero-order chi connectivity index (χ0) is 15.9. The van der Waals surface area contributed by atoms with Crippen LogP contribution in [0.4, 0.5) is 18.3 Å². The van der Waals surface area contributed by atoms with Gasteiger partial charge in [0.2, 0.25) is 5.91 Å². The van der Waals surface area contributed by atoms with E-state index in [0.717, 1.165) is 16.2 Å². The average Bonchev–Trinajstić information content (AvgIpc) is 2.85. The first-order valence-electron chi connectivity index (χ1n) is 6.69. The molecule has 1 aliphatic carbocycles. The van der Waals surface area contributed by atoms with Gasteiger partial charge < -0.3 is 4.42 Å². The topological polar surface area (TPSA) is 46.3 Å². The first kappa shape index (κ1) is 15.1. The highest BCUT2D eigenvalue weighted by atomic mass is 32.1. The van der Waals surface area contributed by atoms with Gasteiger partial charge in [-0.2, -0.15) is 13.2 Å². The second-order valence-corrected chi connectivity index (χ2v) is 6.11. The normalized spacial score (nSPS) is 20.9. The van der Waals surface area contributed by atoms with Crippen molar-refractivity contribution in [1.29, 1.82) is 0 Å². The Morgan fingerprint density at radius 3 is 2.86 bits per heavy atom. The number of hydrogen-bond acceptors (Lipinski definition) is 4. The van der Waals surface area contributed by atoms with E-state index in [4.69, 9.17) is 4.42 Å². The van der Waals surface area contributed by atoms with Crippen molar-refractivity contribution < 1.29 is 22.4 Å². The summed E-state index contributed by atoms with van der Waals surface area (Å²) in [7, 11) is 0. The Morgan fingerprint density at radius 2 is 2.32 bits per heavy atom. The minimum absolute atomic E-state index is 0.0879. The minimum atomic E-state index is -4.47. The van der Waals surface area contributed by atoms with E-state index in [1.54, 1.807) is 24.4 Å². The largest absolute Gasteiger partial charge is 0.469 e. The van der Waals surface area contributed by atoms with Crippen molar-refractivity contribution in [3.63, 3.8) is 0 Å². The number of furan rings is 1. The maximum Gasteiger partial charge on any atom is 0.406 e. The van der Waals surface area contributed by atoms with Gasteiger partial charge in [-0.05, 0) is 25.5 Å². The van der Waals surface area contributed by atoms with E-state index in [-0.39, 0.29) is 11.0 Å². The third-order valence-electron chi connectivity index (χ3n) is 3.46. The number of anilines is 1. The summed E-state index contributed by atoms with van der Waals surface area (Å²) >= 11 is 1.04. The van der Waals surface area contributed by atoms with Crippen LogP contribution in [0.2, 0.25) is 0 Å². The Kier molecular flexibility index (Phi) is 3.72. The van der Waals surface area contributed by atoms with E-state index in [1.807, 2.05) is 0 Å². The van der Waals surface area contributed by atoms with Crippen LogP contribution < -0.4 is 4.90 Å². The van der Waals surface area contributed by atoms with Gasteiger partial charge in [-0.25, -0.2) is 4.98 Å². The molecular weight excluding hydrogens is 317 g/mol. The summed E-state index contributed by atoms with van der Waals surface area (Å²) in [5, 5.41) is 1.72. The Morgan fingerprint density at radius 1 is 1.55 bits per heavy atom. The molecule has 3 rings (SSSR count). The second-order valence-electron chi connectivity index (χ2n) is 5.28. The highest BCUT2D eigenvalue weighted by Crippen LogP contribution is 2.49. The number of nitrogens with zero attached hydrogens (tertiary/aromatic N) is 2. The molecule has 2 aromatic heterocycles. The molecule has 0 aliphatic heterocycles. The van der Waals surface area contributed by atoms with E-state index < -0.39 is 24.5 Å². The lowest BCUT2D eigenvalue weighted by Gasteiger charge is -2.21. The molecular formula is C14H13F3N2O2S. The Bertz CT molecular complexity index is 666. The molecule has 0 radical (unpaired) electrons. The fraction of sp³-hybridized carbons (Fsp3) is 0.429. The molecule has 0 N–H and O–H groups in total. The molecule has 2 unspecified atom stereocenters. The van der Waals surface area contributed by atoms with Crippen LogP contribution >= 0.6 is 11.3 Å². The van der Waals surface area contributed by atoms with Crippen LogP contribution in [0.3, 0.4) is 0 Å². The van der Waals surface area contributed by atoms with Crippen molar-refractivity contribution >= 4 is 22.4 Å². The smallest absolute Gasteiger partial charge is 0.406 e. The van der Waals surface area contributed by atoms with Gasteiger partial charge in [0, 0.05) is 17.2 Å². The first-order chi connectivity index (χ1) is 10.3. The number of carbonyl (C=O) groups excluding carboxylic acids is 1. The standard InChI is InChI=1S/C14H13F3N2O2S/c1-8-6-22-13(18-8)19(7-14(15,16)17)12(20)10-5-9(10)11-3-2-4-21-11/h2-4,6,9-10H,5,7H2,1H3. The maximum atomic E-state index is 12.8. The number of hydrogen-bond donors (Lipinski definition) is 0. The molecule has 1 amide bonds. The van der Waals surface area contributed by atoms with E-state index in [1.165, 1.54) is 6.26 Å². The maximum absolute atomic E-state index is 12.8. The van der Waals surface area contributed by atoms with Gasteiger partial charge in [-0.15, -0.1) is 11.3 Å².